The molecular formula is C42H60N4Sn. The van der Waals surface area contributed by atoms with E-state index in [2.05, 4.69) is 185 Å². The molecule has 4 nitrogen and oxygen atoms in total. The van der Waals surface area contributed by atoms with Crippen molar-refractivity contribution in [3.63, 3.8) is 0 Å². The molecule has 0 aliphatic rings. The van der Waals surface area contributed by atoms with E-state index >= 15 is 0 Å². The summed E-state index contributed by atoms with van der Waals surface area (Å²) in [4.78, 5) is 4.62. The predicted molar refractivity (Wildman–Crippen MR) is 209 cm³/mol. The third-order valence-electron chi connectivity index (χ3n) is 9.19. The van der Waals surface area contributed by atoms with Crippen molar-refractivity contribution >= 4 is 37.5 Å². The molecule has 0 unspecified atom stereocenters. The first kappa shape index (κ1) is 37.0. The van der Waals surface area contributed by atoms with Gasteiger partial charge in [0.25, 0.3) is 0 Å². The number of hydrogen-bond acceptors (Lipinski definition) is 4. The van der Waals surface area contributed by atoms with Gasteiger partial charge in [0.15, 0.2) is 0 Å². The van der Waals surface area contributed by atoms with Crippen molar-refractivity contribution in [1.29, 1.82) is 0 Å². The van der Waals surface area contributed by atoms with Crippen molar-refractivity contribution in [3.05, 3.63) is 118 Å². The zero-order chi connectivity index (χ0) is 34.5. The van der Waals surface area contributed by atoms with Crippen molar-refractivity contribution in [2.45, 2.75) is 92.2 Å². The van der Waals surface area contributed by atoms with Gasteiger partial charge in [-0.3, -0.25) is 0 Å². The van der Waals surface area contributed by atoms with Gasteiger partial charge in [0.2, 0.25) is 0 Å². The molecule has 4 aromatic rings. The molecule has 0 fully saturated rings. The molecule has 0 bridgehead atoms. The van der Waals surface area contributed by atoms with Gasteiger partial charge in [-0.1, -0.05) is 0 Å². The Kier molecular flexibility index (Phi) is 12.7. The van der Waals surface area contributed by atoms with Crippen LogP contribution in [-0.2, 0) is 13.1 Å². The predicted octanol–water partition coefficient (Wildman–Crippen LogP) is 9.08. The number of benzene rings is 4. The van der Waals surface area contributed by atoms with Crippen molar-refractivity contribution in [1.82, 2.24) is 9.80 Å². The Hall–Kier alpha value is -2.80. The van der Waals surface area contributed by atoms with Crippen LogP contribution in [0.3, 0.4) is 0 Å². The van der Waals surface area contributed by atoms with Crippen LogP contribution >= 0.6 is 0 Å². The van der Waals surface area contributed by atoms with E-state index in [0.29, 0.717) is 23.7 Å². The summed E-state index contributed by atoms with van der Waals surface area (Å²) >= 11 is -4.30. The third kappa shape index (κ3) is 8.44. The second-order valence-corrected chi connectivity index (χ2v) is 23.8. The monoisotopic (exact) mass is 740 g/mol. The van der Waals surface area contributed by atoms with Gasteiger partial charge in [-0.2, -0.15) is 0 Å². The fourth-order valence-corrected chi connectivity index (χ4v) is 18.9. The molecule has 252 valence electrons. The summed E-state index contributed by atoms with van der Waals surface area (Å²) in [6.45, 7) is 20.4. The summed E-state index contributed by atoms with van der Waals surface area (Å²) < 4.78 is 12.1. The molecule has 0 aliphatic carbocycles. The van der Waals surface area contributed by atoms with Crippen molar-refractivity contribution in [3.8, 4) is 0 Å². The van der Waals surface area contributed by atoms with Gasteiger partial charge in [-0.25, -0.2) is 0 Å². The Morgan fingerprint density at radius 2 is 0.745 bits per heavy atom. The maximum atomic E-state index is 4.59. The Balaban J connectivity index is 2.25. The number of anilines is 2. The van der Waals surface area contributed by atoms with Crippen LogP contribution in [0.2, 0.25) is 0 Å². The van der Waals surface area contributed by atoms with Gasteiger partial charge in [-0.05, 0) is 0 Å². The number of nitrogens with one attached hydrogen (secondary N) is 2. The van der Waals surface area contributed by atoms with E-state index in [4.69, 9.17) is 0 Å². The van der Waals surface area contributed by atoms with Gasteiger partial charge >= 0.3 is 293 Å². The fraction of sp³-hybridized carbons (Fsp3) is 0.429. The summed E-state index contributed by atoms with van der Waals surface area (Å²) in [6.07, 6.45) is 0. The first-order chi connectivity index (χ1) is 22.3. The van der Waals surface area contributed by atoms with Crippen LogP contribution in [0, 0.1) is 0 Å². The molecule has 4 aromatic carbocycles. The van der Waals surface area contributed by atoms with Crippen LogP contribution in [0.15, 0.2) is 84.9 Å². The van der Waals surface area contributed by atoms with E-state index in [0.717, 1.165) is 13.1 Å². The second-order valence-electron chi connectivity index (χ2n) is 15.0. The first-order valence-electron chi connectivity index (χ1n) is 17.5. The minimum atomic E-state index is -4.30. The van der Waals surface area contributed by atoms with E-state index in [-0.39, 0.29) is 0 Å². The van der Waals surface area contributed by atoms with Gasteiger partial charge in [0.05, 0.1) is 0 Å². The first-order valence-corrected chi connectivity index (χ1v) is 23.3. The number of hydrogen-bond donors (Lipinski definition) is 2. The Bertz CT molecular complexity index is 1450. The van der Waals surface area contributed by atoms with Crippen LogP contribution < -0.4 is 14.2 Å². The van der Waals surface area contributed by atoms with Crippen molar-refractivity contribution in [2.75, 3.05) is 35.3 Å². The van der Waals surface area contributed by atoms with Crippen LogP contribution in [0.4, 0.5) is 11.4 Å². The molecule has 0 radical (unpaired) electrons. The molecule has 0 aromatic heterocycles. The summed E-state index contributed by atoms with van der Waals surface area (Å²) in [7, 11) is 8.74. The van der Waals surface area contributed by atoms with Gasteiger partial charge < -0.3 is 0 Å². The van der Waals surface area contributed by atoms with Crippen molar-refractivity contribution < 1.29 is 0 Å². The SMILES string of the molecule is CC(C)c1cccc(C(C)C)c1[NH][Sn]([NH]c1c(C(C)C)cccc1C(C)C)([c]1ccccc1CN(C)C)[c]1ccccc1CN(C)C. The zero-order valence-corrected chi connectivity index (χ0v) is 34.1. The van der Waals surface area contributed by atoms with Crippen molar-refractivity contribution in [2.24, 2.45) is 0 Å². The minimum absolute atomic E-state index is 0.378. The van der Waals surface area contributed by atoms with E-state index in [1.54, 1.807) is 0 Å². The number of rotatable bonds is 14. The molecule has 0 spiro atoms. The van der Waals surface area contributed by atoms with E-state index in [9.17, 15) is 0 Å². The average molecular weight is 740 g/mol. The molecule has 0 aliphatic heterocycles. The average Bonchev–Trinajstić information content (AvgIpc) is 3.00. The molecular weight excluding hydrogens is 679 g/mol. The fourth-order valence-electron chi connectivity index (χ4n) is 6.94. The normalized spacial score (nSPS) is 12.3. The van der Waals surface area contributed by atoms with Gasteiger partial charge in [0.1, 0.15) is 0 Å². The topological polar surface area (TPSA) is 30.5 Å². The van der Waals surface area contributed by atoms with E-state index < -0.39 is 18.9 Å². The van der Waals surface area contributed by atoms with Gasteiger partial charge in [-0.15, -0.1) is 0 Å². The second kappa shape index (κ2) is 16.1. The zero-order valence-electron chi connectivity index (χ0n) is 31.2. The van der Waals surface area contributed by atoms with E-state index in [1.165, 1.54) is 51.9 Å². The van der Waals surface area contributed by atoms with Crippen LogP contribution in [0.25, 0.3) is 0 Å². The Labute approximate surface area is 291 Å². The maximum absolute atomic E-state index is 4.59. The summed E-state index contributed by atoms with van der Waals surface area (Å²) in [5, 5.41) is 0. The molecule has 47 heavy (non-hydrogen) atoms. The Morgan fingerprint density at radius 1 is 0.447 bits per heavy atom. The molecule has 4 rings (SSSR count). The van der Waals surface area contributed by atoms with Crippen LogP contribution in [0.1, 0.15) is 112 Å². The molecule has 0 atom stereocenters. The quantitative estimate of drug-likeness (QED) is 0.127. The third-order valence-corrected chi connectivity index (χ3v) is 20.2. The van der Waals surface area contributed by atoms with Crippen LogP contribution in [-0.4, -0.2) is 56.9 Å². The molecule has 0 saturated carbocycles. The van der Waals surface area contributed by atoms with Gasteiger partial charge in [0, 0.05) is 0 Å². The summed E-state index contributed by atoms with van der Waals surface area (Å²) in [5.74, 6) is 1.51. The van der Waals surface area contributed by atoms with E-state index in [1.807, 2.05) is 0 Å². The molecule has 0 heterocycles. The number of para-hydroxylation sites is 2. The summed E-state index contributed by atoms with van der Waals surface area (Å²) in [6, 6.07) is 32.4. The number of nitrogens with zero attached hydrogens (tertiary/aromatic N) is 2. The molecule has 2 N–H and O–H groups in total. The molecule has 0 saturated heterocycles. The van der Waals surface area contributed by atoms with Crippen LogP contribution in [0.5, 0.6) is 0 Å². The Morgan fingerprint density at radius 3 is 1.02 bits per heavy atom. The summed E-state index contributed by atoms with van der Waals surface area (Å²) in [5.41, 5.74) is 10.9. The standard InChI is InChI=1S/2C12H18N.2C9H12N.Sn/c2*1-8(2)10-6-5-7-11(9(3)4)12(10)13;2*1-10(2)8-9-6-4-3-5-7-9;/h2*5-9,13H,1-4H3;2*3-6H,8H2,1-2H3;/q2*-1;;;+2. The molecule has 5 heteroatoms. The molecule has 0 amide bonds.